The molecule has 1 aromatic carbocycles. The summed E-state index contributed by atoms with van der Waals surface area (Å²) in [6.07, 6.45) is 1.99. The molecule has 2 amide bonds. The van der Waals surface area contributed by atoms with E-state index in [1.165, 1.54) is 12.1 Å². The van der Waals surface area contributed by atoms with Crippen LogP contribution in [0.4, 0.5) is 14.9 Å². The summed E-state index contributed by atoms with van der Waals surface area (Å²) in [4.78, 5) is 13.6. The molecule has 3 N–H and O–H groups in total. The SMILES string of the molecule is NC(=S)c1ccc(NC(=O)N2CCCC2)c(F)c1. The summed E-state index contributed by atoms with van der Waals surface area (Å²) in [5.74, 6) is -0.534. The van der Waals surface area contributed by atoms with Crippen molar-refractivity contribution in [2.45, 2.75) is 12.8 Å². The van der Waals surface area contributed by atoms with Crippen LogP contribution in [-0.4, -0.2) is 29.0 Å². The van der Waals surface area contributed by atoms with Crippen LogP contribution in [0.3, 0.4) is 0 Å². The molecule has 0 spiro atoms. The monoisotopic (exact) mass is 267 g/mol. The lowest BCUT2D eigenvalue weighted by Crippen LogP contribution is -2.32. The predicted molar refractivity (Wildman–Crippen MR) is 72.1 cm³/mol. The molecular weight excluding hydrogens is 253 g/mol. The molecule has 2 rings (SSSR count). The van der Waals surface area contributed by atoms with Gasteiger partial charge in [0.25, 0.3) is 0 Å². The fourth-order valence-electron chi connectivity index (χ4n) is 1.88. The Morgan fingerprint density at radius 3 is 2.61 bits per heavy atom. The number of halogens is 1. The zero-order valence-electron chi connectivity index (χ0n) is 9.78. The first-order valence-electron chi connectivity index (χ1n) is 5.73. The molecule has 1 heterocycles. The lowest BCUT2D eigenvalue weighted by atomic mass is 10.2. The average Bonchev–Trinajstić information content (AvgIpc) is 2.85. The fourth-order valence-corrected chi connectivity index (χ4v) is 2.01. The first kappa shape index (κ1) is 12.8. The summed E-state index contributed by atoms with van der Waals surface area (Å²) in [6, 6.07) is 4.01. The molecule has 1 aliphatic heterocycles. The Balaban J connectivity index is 2.09. The van der Waals surface area contributed by atoms with E-state index in [0.717, 1.165) is 25.9 Å². The van der Waals surface area contributed by atoms with Gasteiger partial charge in [0.05, 0.1) is 5.69 Å². The van der Waals surface area contributed by atoms with Gasteiger partial charge in [-0.3, -0.25) is 0 Å². The Morgan fingerprint density at radius 2 is 2.06 bits per heavy atom. The third-order valence-corrected chi connectivity index (χ3v) is 3.12. The summed E-state index contributed by atoms with van der Waals surface area (Å²) in [5.41, 5.74) is 5.99. The highest BCUT2D eigenvalue weighted by molar-refractivity contribution is 7.80. The number of nitrogens with two attached hydrogens (primary N) is 1. The molecule has 0 bridgehead atoms. The zero-order chi connectivity index (χ0) is 13.1. The van der Waals surface area contributed by atoms with Crippen LogP contribution < -0.4 is 11.1 Å². The van der Waals surface area contributed by atoms with Gasteiger partial charge in [0.15, 0.2) is 0 Å². The van der Waals surface area contributed by atoms with Crippen LogP contribution in [-0.2, 0) is 0 Å². The number of anilines is 1. The second-order valence-corrected chi connectivity index (χ2v) is 4.62. The highest BCUT2D eigenvalue weighted by Gasteiger charge is 2.18. The van der Waals surface area contributed by atoms with E-state index in [1.807, 2.05) is 0 Å². The minimum absolute atomic E-state index is 0.131. The van der Waals surface area contributed by atoms with E-state index in [2.05, 4.69) is 5.32 Å². The molecule has 1 aliphatic rings. The smallest absolute Gasteiger partial charge is 0.321 e. The number of rotatable bonds is 2. The van der Waals surface area contributed by atoms with E-state index in [4.69, 9.17) is 18.0 Å². The van der Waals surface area contributed by atoms with E-state index in [-0.39, 0.29) is 16.7 Å². The molecule has 0 radical (unpaired) electrons. The minimum Gasteiger partial charge on any atom is -0.389 e. The summed E-state index contributed by atoms with van der Waals surface area (Å²) in [5, 5.41) is 2.55. The maximum atomic E-state index is 13.7. The Bertz CT molecular complexity index is 486. The van der Waals surface area contributed by atoms with Gasteiger partial charge in [-0.05, 0) is 31.0 Å². The van der Waals surface area contributed by atoms with Crippen molar-refractivity contribution in [3.63, 3.8) is 0 Å². The lowest BCUT2D eigenvalue weighted by molar-refractivity contribution is 0.222. The molecule has 6 heteroatoms. The largest absolute Gasteiger partial charge is 0.389 e. The second-order valence-electron chi connectivity index (χ2n) is 4.18. The fraction of sp³-hybridized carbons (Fsp3) is 0.333. The standard InChI is InChI=1S/C12H14FN3OS/c13-9-7-8(11(14)18)3-4-10(9)15-12(17)16-5-1-2-6-16/h3-4,7H,1-2,5-6H2,(H2,14,18)(H,15,17). The number of nitrogens with zero attached hydrogens (tertiary/aromatic N) is 1. The summed E-state index contributed by atoms with van der Waals surface area (Å²) in [7, 11) is 0. The summed E-state index contributed by atoms with van der Waals surface area (Å²) in [6.45, 7) is 1.44. The quantitative estimate of drug-likeness (QED) is 0.807. The number of carbonyl (C=O) groups excluding carboxylic acids is 1. The maximum Gasteiger partial charge on any atom is 0.321 e. The molecule has 0 saturated carbocycles. The van der Waals surface area contributed by atoms with Crippen molar-refractivity contribution in [1.29, 1.82) is 0 Å². The molecule has 0 unspecified atom stereocenters. The normalized spacial score (nSPS) is 14.6. The number of benzene rings is 1. The molecule has 0 aromatic heterocycles. The molecule has 96 valence electrons. The number of amides is 2. The summed E-state index contributed by atoms with van der Waals surface area (Å²) < 4.78 is 13.7. The number of likely N-dealkylation sites (tertiary alicyclic amines) is 1. The maximum absolute atomic E-state index is 13.7. The van der Waals surface area contributed by atoms with Gasteiger partial charge < -0.3 is 16.0 Å². The molecule has 18 heavy (non-hydrogen) atoms. The Labute approximate surface area is 110 Å². The van der Waals surface area contributed by atoms with E-state index >= 15 is 0 Å². The molecule has 1 fully saturated rings. The van der Waals surface area contributed by atoms with Crippen LogP contribution in [0.15, 0.2) is 18.2 Å². The van der Waals surface area contributed by atoms with Crippen molar-refractivity contribution < 1.29 is 9.18 Å². The second kappa shape index (κ2) is 5.30. The number of carbonyl (C=O) groups is 1. The van der Waals surface area contributed by atoms with Gasteiger partial charge in [0, 0.05) is 18.7 Å². The first-order chi connectivity index (χ1) is 8.58. The molecule has 1 aromatic rings. The van der Waals surface area contributed by atoms with Crippen molar-refractivity contribution >= 4 is 28.9 Å². The van der Waals surface area contributed by atoms with Crippen LogP contribution in [0.1, 0.15) is 18.4 Å². The van der Waals surface area contributed by atoms with Crippen LogP contribution in [0.25, 0.3) is 0 Å². The third-order valence-electron chi connectivity index (χ3n) is 2.89. The minimum atomic E-state index is -0.534. The molecule has 0 atom stereocenters. The molecule has 0 aliphatic carbocycles. The molecule has 4 nitrogen and oxygen atoms in total. The van der Waals surface area contributed by atoms with Crippen LogP contribution in [0.2, 0.25) is 0 Å². The van der Waals surface area contributed by atoms with Gasteiger partial charge in [-0.25, -0.2) is 9.18 Å². The Morgan fingerprint density at radius 1 is 1.39 bits per heavy atom. The lowest BCUT2D eigenvalue weighted by Gasteiger charge is -2.16. The van der Waals surface area contributed by atoms with E-state index in [1.54, 1.807) is 11.0 Å². The number of hydrogen-bond acceptors (Lipinski definition) is 2. The number of urea groups is 1. The molecule has 1 saturated heterocycles. The van der Waals surface area contributed by atoms with Crippen molar-refractivity contribution in [3.05, 3.63) is 29.6 Å². The van der Waals surface area contributed by atoms with Gasteiger partial charge in [-0.2, -0.15) is 0 Å². The van der Waals surface area contributed by atoms with Crippen LogP contribution >= 0.6 is 12.2 Å². The van der Waals surface area contributed by atoms with Gasteiger partial charge in [0.1, 0.15) is 10.8 Å². The Kier molecular flexibility index (Phi) is 3.76. The topological polar surface area (TPSA) is 58.4 Å². The Hall–Kier alpha value is -1.69. The zero-order valence-corrected chi connectivity index (χ0v) is 10.6. The van der Waals surface area contributed by atoms with Crippen molar-refractivity contribution in [3.8, 4) is 0 Å². The van der Waals surface area contributed by atoms with Crippen LogP contribution in [0.5, 0.6) is 0 Å². The van der Waals surface area contributed by atoms with E-state index in [9.17, 15) is 9.18 Å². The average molecular weight is 267 g/mol. The van der Waals surface area contributed by atoms with Gasteiger partial charge in [-0.15, -0.1) is 0 Å². The van der Waals surface area contributed by atoms with Crippen molar-refractivity contribution in [2.75, 3.05) is 18.4 Å². The number of nitrogens with one attached hydrogen (secondary N) is 1. The van der Waals surface area contributed by atoms with Crippen LogP contribution in [0, 0.1) is 5.82 Å². The van der Waals surface area contributed by atoms with E-state index < -0.39 is 5.82 Å². The van der Waals surface area contributed by atoms with E-state index in [0.29, 0.717) is 5.56 Å². The van der Waals surface area contributed by atoms with Crippen molar-refractivity contribution in [1.82, 2.24) is 4.90 Å². The highest BCUT2D eigenvalue weighted by atomic mass is 32.1. The number of thiocarbonyl (C=S) groups is 1. The number of hydrogen-bond donors (Lipinski definition) is 2. The highest BCUT2D eigenvalue weighted by Crippen LogP contribution is 2.17. The first-order valence-corrected chi connectivity index (χ1v) is 6.14. The summed E-state index contributed by atoms with van der Waals surface area (Å²) >= 11 is 4.76. The van der Waals surface area contributed by atoms with Gasteiger partial charge in [-0.1, -0.05) is 12.2 Å². The predicted octanol–water partition coefficient (Wildman–Crippen LogP) is 2.09. The van der Waals surface area contributed by atoms with Gasteiger partial charge in [0.2, 0.25) is 0 Å². The van der Waals surface area contributed by atoms with Crippen molar-refractivity contribution in [2.24, 2.45) is 5.73 Å². The third kappa shape index (κ3) is 2.76. The molecular formula is C12H14FN3OS. The van der Waals surface area contributed by atoms with Gasteiger partial charge >= 0.3 is 6.03 Å².